The zero-order valence-corrected chi connectivity index (χ0v) is 15.3. The van der Waals surface area contributed by atoms with Gasteiger partial charge in [-0.15, -0.1) is 0 Å². The summed E-state index contributed by atoms with van der Waals surface area (Å²) in [5.74, 6) is 0.163. The lowest BCUT2D eigenvalue weighted by Gasteiger charge is -2.19. The molecular weight excluding hydrogens is 326 g/mol. The van der Waals surface area contributed by atoms with Crippen molar-refractivity contribution in [1.82, 2.24) is 0 Å². The first-order valence-corrected chi connectivity index (χ1v) is 8.73. The Balaban J connectivity index is 1.97. The molecule has 1 amide bonds. The zero-order chi connectivity index (χ0) is 18.9. The van der Waals surface area contributed by atoms with Crippen molar-refractivity contribution in [2.24, 2.45) is 0 Å². The predicted octanol–water partition coefficient (Wildman–Crippen LogP) is 5.35. The van der Waals surface area contributed by atoms with E-state index in [2.05, 4.69) is 38.2 Å². The van der Waals surface area contributed by atoms with Gasteiger partial charge in [-0.3, -0.25) is 10.1 Å². The minimum atomic E-state index is -1.09. The second-order valence-corrected chi connectivity index (χ2v) is 7.61. The van der Waals surface area contributed by atoms with Crippen molar-refractivity contribution in [2.75, 3.05) is 5.32 Å². The topological polar surface area (TPSA) is 66.4 Å². The van der Waals surface area contributed by atoms with E-state index in [1.807, 2.05) is 24.3 Å². The van der Waals surface area contributed by atoms with Crippen LogP contribution in [-0.4, -0.2) is 17.0 Å². The number of allylic oxidation sites excluding steroid dienone is 2. The van der Waals surface area contributed by atoms with E-state index in [-0.39, 0.29) is 11.2 Å². The molecule has 2 aromatic carbocycles. The molecule has 0 radical (unpaired) electrons. The fourth-order valence-corrected chi connectivity index (χ4v) is 3.30. The number of nitrogens with one attached hydrogen (secondary N) is 1. The molecule has 1 aliphatic rings. The number of rotatable bonds is 3. The molecule has 0 saturated carbocycles. The number of ketones is 1. The highest BCUT2D eigenvalue weighted by atomic mass is 16.4. The van der Waals surface area contributed by atoms with Crippen LogP contribution in [0.1, 0.15) is 50.3 Å². The number of hydrogen-bond acceptors (Lipinski definition) is 2. The van der Waals surface area contributed by atoms with E-state index in [1.54, 1.807) is 12.1 Å². The smallest absolute Gasteiger partial charge is 0.409 e. The number of carbonyl (C=O) groups excluding carboxylic acids is 1. The Bertz CT molecular complexity index is 869. The van der Waals surface area contributed by atoms with Gasteiger partial charge >= 0.3 is 6.09 Å². The van der Waals surface area contributed by atoms with Gasteiger partial charge in [0.1, 0.15) is 0 Å². The standard InChI is InChI=1S/C22H23NO3/c1-22(2,3)16-8-4-15(5-9-16)20-18(12-13-19(20)24)14-6-10-17(11-7-14)23-21(25)26/h4-11,23H,12-13H2,1-3H3,(H,25,26). The molecule has 4 heteroatoms. The van der Waals surface area contributed by atoms with Gasteiger partial charge in [0.05, 0.1) is 0 Å². The normalized spacial score (nSPS) is 14.7. The van der Waals surface area contributed by atoms with Crippen molar-refractivity contribution in [3.05, 3.63) is 65.2 Å². The van der Waals surface area contributed by atoms with E-state index in [1.165, 1.54) is 5.56 Å². The van der Waals surface area contributed by atoms with Gasteiger partial charge < -0.3 is 5.11 Å². The van der Waals surface area contributed by atoms with Gasteiger partial charge in [-0.05, 0) is 46.2 Å². The average molecular weight is 349 g/mol. The Labute approximate surface area is 153 Å². The summed E-state index contributed by atoms with van der Waals surface area (Å²) in [4.78, 5) is 23.2. The Morgan fingerprint density at radius 2 is 1.50 bits per heavy atom. The van der Waals surface area contributed by atoms with Crippen LogP contribution in [0, 0.1) is 0 Å². The van der Waals surface area contributed by atoms with Crippen molar-refractivity contribution >= 4 is 28.7 Å². The third-order valence-corrected chi connectivity index (χ3v) is 4.71. The van der Waals surface area contributed by atoms with Crippen LogP contribution in [0.5, 0.6) is 0 Å². The molecule has 0 unspecified atom stereocenters. The lowest BCUT2D eigenvalue weighted by atomic mass is 9.85. The van der Waals surface area contributed by atoms with E-state index in [4.69, 9.17) is 5.11 Å². The number of benzene rings is 2. The van der Waals surface area contributed by atoms with Crippen molar-refractivity contribution in [1.29, 1.82) is 0 Å². The highest BCUT2D eigenvalue weighted by Gasteiger charge is 2.25. The fourth-order valence-electron chi connectivity index (χ4n) is 3.30. The summed E-state index contributed by atoms with van der Waals surface area (Å²) >= 11 is 0. The summed E-state index contributed by atoms with van der Waals surface area (Å²) in [6, 6.07) is 15.4. The summed E-state index contributed by atoms with van der Waals surface area (Å²) in [5, 5.41) is 11.1. The molecule has 4 nitrogen and oxygen atoms in total. The predicted molar refractivity (Wildman–Crippen MR) is 104 cm³/mol. The van der Waals surface area contributed by atoms with Gasteiger partial charge in [0, 0.05) is 17.7 Å². The molecule has 0 aliphatic heterocycles. The van der Waals surface area contributed by atoms with Crippen LogP contribution < -0.4 is 5.32 Å². The van der Waals surface area contributed by atoms with Gasteiger partial charge in [0.25, 0.3) is 0 Å². The first kappa shape index (κ1) is 17.9. The van der Waals surface area contributed by atoms with Crippen LogP contribution in [-0.2, 0) is 10.2 Å². The number of anilines is 1. The van der Waals surface area contributed by atoms with Gasteiger partial charge in [-0.2, -0.15) is 0 Å². The second-order valence-electron chi connectivity index (χ2n) is 7.61. The third kappa shape index (κ3) is 3.69. The summed E-state index contributed by atoms with van der Waals surface area (Å²) < 4.78 is 0. The molecule has 0 fully saturated rings. The first-order valence-electron chi connectivity index (χ1n) is 8.73. The molecule has 0 bridgehead atoms. The Hall–Kier alpha value is -2.88. The molecule has 1 aliphatic carbocycles. The van der Waals surface area contributed by atoms with E-state index < -0.39 is 6.09 Å². The number of carbonyl (C=O) groups is 2. The van der Waals surface area contributed by atoms with E-state index in [0.29, 0.717) is 18.5 Å². The summed E-state index contributed by atoms with van der Waals surface area (Å²) in [7, 11) is 0. The van der Waals surface area contributed by atoms with Crippen molar-refractivity contribution in [3.63, 3.8) is 0 Å². The second kappa shape index (κ2) is 6.79. The molecule has 2 N–H and O–H groups in total. The van der Waals surface area contributed by atoms with Gasteiger partial charge in [0.2, 0.25) is 0 Å². The number of carboxylic acid groups (broad SMARTS) is 1. The van der Waals surface area contributed by atoms with Crippen LogP contribution in [0.3, 0.4) is 0 Å². The van der Waals surface area contributed by atoms with Crippen molar-refractivity contribution in [2.45, 2.75) is 39.0 Å². The molecule has 0 heterocycles. The molecule has 0 atom stereocenters. The number of Topliss-reactive ketones (excluding diaryl/α,β-unsaturated/α-hetero) is 1. The average Bonchev–Trinajstić information content (AvgIpc) is 2.96. The van der Waals surface area contributed by atoms with Crippen molar-refractivity contribution < 1.29 is 14.7 Å². The lowest BCUT2D eigenvalue weighted by molar-refractivity contribution is -0.113. The maximum atomic E-state index is 12.5. The molecule has 2 aromatic rings. The quantitative estimate of drug-likeness (QED) is 0.785. The lowest BCUT2D eigenvalue weighted by Crippen LogP contribution is -2.10. The molecule has 26 heavy (non-hydrogen) atoms. The maximum Gasteiger partial charge on any atom is 0.409 e. The van der Waals surface area contributed by atoms with Crippen LogP contribution >= 0.6 is 0 Å². The van der Waals surface area contributed by atoms with Crippen LogP contribution in [0.25, 0.3) is 11.1 Å². The molecular formula is C22H23NO3. The fraction of sp³-hybridized carbons (Fsp3) is 0.273. The number of hydrogen-bond donors (Lipinski definition) is 2. The molecule has 134 valence electrons. The highest BCUT2D eigenvalue weighted by Crippen LogP contribution is 2.38. The summed E-state index contributed by atoms with van der Waals surface area (Å²) in [6.07, 6.45) is 0.134. The Morgan fingerprint density at radius 1 is 0.923 bits per heavy atom. The summed E-state index contributed by atoms with van der Waals surface area (Å²) in [6.45, 7) is 6.50. The van der Waals surface area contributed by atoms with Crippen LogP contribution in [0.2, 0.25) is 0 Å². The summed E-state index contributed by atoms with van der Waals surface area (Å²) in [5.41, 5.74) is 5.54. The largest absolute Gasteiger partial charge is 0.465 e. The minimum absolute atomic E-state index is 0.0718. The zero-order valence-electron chi connectivity index (χ0n) is 15.3. The van der Waals surface area contributed by atoms with E-state index in [0.717, 1.165) is 22.3 Å². The Kier molecular flexibility index (Phi) is 4.68. The van der Waals surface area contributed by atoms with Crippen LogP contribution in [0.4, 0.5) is 10.5 Å². The van der Waals surface area contributed by atoms with Gasteiger partial charge in [-0.25, -0.2) is 4.79 Å². The van der Waals surface area contributed by atoms with E-state index in [9.17, 15) is 9.59 Å². The minimum Gasteiger partial charge on any atom is -0.465 e. The van der Waals surface area contributed by atoms with Gasteiger partial charge in [-0.1, -0.05) is 57.2 Å². The molecule has 0 spiro atoms. The van der Waals surface area contributed by atoms with E-state index >= 15 is 0 Å². The SMILES string of the molecule is CC(C)(C)c1ccc(C2=C(c3ccc(NC(=O)O)cc3)CCC2=O)cc1. The van der Waals surface area contributed by atoms with Gasteiger partial charge in [0.15, 0.2) is 5.78 Å². The molecule has 0 aromatic heterocycles. The molecule has 0 saturated heterocycles. The monoisotopic (exact) mass is 349 g/mol. The number of amides is 1. The maximum absolute atomic E-state index is 12.5. The van der Waals surface area contributed by atoms with Crippen molar-refractivity contribution in [3.8, 4) is 0 Å². The first-order chi connectivity index (χ1) is 12.3. The Morgan fingerprint density at radius 3 is 2.04 bits per heavy atom. The van der Waals surface area contributed by atoms with Crippen LogP contribution in [0.15, 0.2) is 48.5 Å². The third-order valence-electron chi connectivity index (χ3n) is 4.71. The molecule has 3 rings (SSSR count). The highest BCUT2D eigenvalue weighted by molar-refractivity contribution is 6.31.